The summed E-state index contributed by atoms with van der Waals surface area (Å²) >= 11 is 3.25. The minimum atomic E-state index is -1.06. The Hall–Kier alpha value is -1.63. The first-order chi connectivity index (χ1) is 8.82. The van der Waals surface area contributed by atoms with E-state index in [0.717, 1.165) is 0 Å². The molecule has 0 aromatic carbocycles. The van der Waals surface area contributed by atoms with Gasteiger partial charge in [-0.1, -0.05) is 0 Å². The van der Waals surface area contributed by atoms with Gasteiger partial charge in [0.05, 0.1) is 16.9 Å². The SMILES string of the molecule is CC(=O)OC1=CC2NC(=O)CC2(OC(C)=O)C=C1Br. The Morgan fingerprint density at radius 3 is 2.68 bits per heavy atom. The molecule has 0 saturated carbocycles. The second-order valence-electron chi connectivity index (χ2n) is 4.39. The van der Waals surface area contributed by atoms with Crippen LogP contribution in [0.2, 0.25) is 0 Å². The predicted octanol–water partition coefficient (Wildman–Crippen LogP) is 0.916. The summed E-state index contributed by atoms with van der Waals surface area (Å²) in [5.41, 5.74) is -1.06. The minimum Gasteiger partial charge on any atom is -0.452 e. The average Bonchev–Trinajstić information content (AvgIpc) is 2.51. The summed E-state index contributed by atoms with van der Waals surface area (Å²) in [6.45, 7) is 2.56. The molecule has 1 saturated heterocycles. The molecule has 0 radical (unpaired) electrons. The summed E-state index contributed by atoms with van der Waals surface area (Å²) in [6.07, 6.45) is 3.17. The Bertz CT molecular complexity index is 524. The number of halogens is 1. The van der Waals surface area contributed by atoms with Crippen molar-refractivity contribution < 1.29 is 23.9 Å². The Labute approximate surface area is 117 Å². The molecule has 0 bridgehead atoms. The number of rotatable bonds is 2. The zero-order chi connectivity index (χ0) is 14.2. The number of carbonyl (C=O) groups is 3. The zero-order valence-corrected chi connectivity index (χ0v) is 11.9. The van der Waals surface area contributed by atoms with Crippen molar-refractivity contribution in [1.29, 1.82) is 0 Å². The molecule has 0 aromatic heterocycles. The van der Waals surface area contributed by atoms with Crippen molar-refractivity contribution in [1.82, 2.24) is 5.32 Å². The van der Waals surface area contributed by atoms with Crippen molar-refractivity contribution in [2.75, 3.05) is 0 Å². The molecule has 1 aliphatic carbocycles. The third-order valence-electron chi connectivity index (χ3n) is 2.79. The molecule has 2 aliphatic rings. The van der Waals surface area contributed by atoms with Crippen LogP contribution in [-0.4, -0.2) is 29.5 Å². The molecule has 0 spiro atoms. The highest BCUT2D eigenvalue weighted by atomic mass is 79.9. The number of hydrogen-bond acceptors (Lipinski definition) is 5. The van der Waals surface area contributed by atoms with Crippen molar-refractivity contribution >= 4 is 33.8 Å². The van der Waals surface area contributed by atoms with Gasteiger partial charge in [-0.2, -0.15) is 0 Å². The van der Waals surface area contributed by atoms with E-state index in [4.69, 9.17) is 9.47 Å². The highest BCUT2D eigenvalue weighted by Gasteiger charge is 2.50. The molecule has 2 rings (SSSR count). The number of esters is 2. The van der Waals surface area contributed by atoms with E-state index in [9.17, 15) is 14.4 Å². The van der Waals surface area contributed by atoms with E-state index in [2.05, 4.69) is 21.2 Å². The van der Waals surface area contributed by atoms with Crippen molar-refractivity contribution in [3.8, 4) is 0 Å². The van der Waals surface area contributed by atoms with Crippen LogP contribution in [0, 0.1) is 0 Å². The number of carbonyl (C=O) groups excluding carboxylic acids is 3. The average molecular weight is 330 g/mol. The fourth-order valence-electron chi connectivity index (χ4n) is 2.18. The van der Waals surface area contributed by atoms with Crippen molar-refractivity contribution in [2.24, 2.45) is 0 Å². The van der Waals surface area contributed by atoms with Gasteiger partial charge in [0.1, 0.15) is 5.76 Å². The Balaban J connectivity index is 2.35. The highest BCUT2D eigenvalue weighted by molar-refractivity contribution is 9.12. The first-order valence-corrected chi connectivity index (χ1v) is 6.39. The van der Waals surface area contributed by atoms with Crippen molar-refractivity contribution in [2.45, 2.75) is 31.9 Å². The maximum Gasteiger partial charge on any atom is 0.308 e. The fraction of sp³-hybridized carbons (Fsp3) is 0.417. The van der Waals surface area contributed by atoms with E-state index in [-0.39, 0.29) is 12.3 Å². The summed E-state index contributed by atoms with van der Waals surface area (Å²) in [6, 6.07) is -0.542. The van der Waals surface area contributed by atoms with Gasteiger partial charge in [-0.05, 0) is 28.1 Å². The van der Waals surface area contributed by atoms with Gasteiger partial charge in [0.2, 0.25) is 5.91 Å². The molecule has 19 heavy (non-hydrogen) atoms. The van der Waals surface area contributed by atoms with Gasteiger partial charge in [0.15, 0.2) is 5.60 Å². The van der Waals surface area contributed by atoms with Gasteiger partial charge in [-0.25, -0.2) is 0 Å². The maximum absolute atomic E-state index is 11.5. The number of nitrogens with one attached hydrogen (secondary N) is 1. The molecule has 0 aromatic rings. The van der Waals surface area contributed by atoms with E-state index in [1.54, 1.807) is 12.2 Å². The Morgan fingerprint density at radius 1 is 1.42 bits per heavy atom. The summed E-state index contributed by atoms with van der Waals surface area (Å²) in [4.78, 5) is 33.7. The van der Waals surface area contributed by atoms with Crippen molar-refractivity contribution in [3.63, 3.8) is 0 Å². The third kappa shape index (κ3) is 2.70. The molecule has 102 valence electrons. The fourth-order valence-corrected chi connectivity index (χ4v) is 2.78. The molecule has 2 unspecified atom stereocenters. The molecule has 1 aliphatic heterocycles. The second-order valence-corrected chi connectivity index (χ2v) is 5.24. The lowest BCUT2D eigenvalue weighted by atomic mass is 9.89. The van der Waals surface area contributed by atoms with Crippen LogP contribution >= 0.6 is 15.9 Å². The van der Waals surface area contributed by atoms with E-state index in [0.29, 0.717) is 10.2 Å². The van der Waals surface area contributed by atoms with Crippen molar-refractivity contribution in [3.05, 3.63) is 22.4 Å². The van der Waals surface area contributed by atoms with E-state index < -0.39 is 23.6 Å². The summed E-state index contributed by atoms with van der Waals surface area (Å²) < 4.78 is 10.8. The van der Waals surface area contributed by atoms with Crippen LogP contribution < -0.4 is 5.32 Å². The molecule has 7 heteroatoms. The molecular weight excluding hydrogens is 318 g/mol. The zero-order valence-electron chi connectivity index (χ0n) is 10.4. The normalized spacial score (nSPS) is 28.8. The highest BCUT2D eigenvalue weighted by Crippen LogP contribution is 2.38. The maximum atomic E-state index is 11.5. The topological polar surface area (TPSA) is 81.7 Å². The quantitative estimate of drug-likeness (QED) is 0.762. The first-order valence-electron chi connectivity index (χ1n) is 5.60. The minimum absolute atomic E-state index is 0.0379. The van der Waals surface area contributed by atoms with E-state index in [1.807, 2.05) is 0 Å². The standard InChI is InChI=1S/C12H12BrNO5/c1-6(15)18-9-3-10-12(4-8(9)13,19-7(2)16)5-11(17)14-10/h3-4,10H,5H2,1-2H3,(H,14,17). The molecule has 1 heterocycles. The Morgan fingerprint density at radius 2 is 2.11 bits per heavy atom. The van der Waals surface area contributed by atoms with Gasteiger partial charge in [-0.15, -0.1) is 0 Å². The Kier molecular flexibility index (Phi) is 3.49. The van der Waals surface area contributed by atoms with Gasteiger partial charge in [0.25, 0.3) is 0 Å². The van der Waals surface area contributed by atoms with Crippen LogP contribution in [0.25, 0.3) is 0 Å². The molecule has 6 nitrogen and oxygen atoms in total. The van der Waals surface area contributed by atoms with E-state index in [1.165, 1.54) is 13.8 Å². The molecule has 2 atom stereocenters. The monoisotopic (exact) mass is 329 g/mol. The van der Waals surface area contributed by atoms with Crippen LogP contribution in [0.5, 0.6) is 0 Å². The summed E-state index contributed by atoms with van der Waals surface area (Å²) in [5.74, 6) is -0.895. The van der Waals surface area contributed by atoms with Gasteiger partial charge < -0.3 is 14.8 Å². The summed E-state index contributed by atoms with van der Waals surface area (Å²) in [7, 11) is 0. The van der Waals surface area contributed by atoms with Crippen LogP contribution in [-0.2, 0) is 23.9 Å². The van der Waals surface area contributed by atoms with E-state index >= 15 is 0 Å². The first kappa shape index (κ1) is 13.8. The third-order valence-corrected chi connectivity index (χ3v) is 3.41. The number of fused-ring (bicyclic) bond motifs is 1. The lowest BCUT2D eigenvalue weighted by Gasteiger charge is -2.32. The van der Waals surface area contributed by atoms with Gasteiger partial charge in [0, 0.05) is 13.8 Å². The van der Waals surface area contributed by atoms with Crippen LogP contribution in [0.4, 0.5) is 0 Å². The molecule has 1 amide bonds. The number of allylic oxidation sites excluding steroid dienone is 1. The lowest BCUT2D eigenvalue weighted by molar-refractivity contribution is -0.153. The van der Waals surface area contributed by atoms with Crippen LogP contribution in [0.1, 0.15) is 20.3 Å². The lowest BCUT2D eigenvalue weighted by Crippen LogP contribution is -2.45. The second kappa shape index (κ2) is 4.80. The predicted molar refractivity (Wildman–Crippen MR) is 67.9 cm³/mol. The number of amides is 1. The molecule has 1 N–H and O–H groups in total. The molecule has 1 fully saturated rings. The molecular formula is C12H12BrNO5. The van der Waals surface area contributed by atoms with Crippen LogP contribution in [0.15, 0.2) is 22.4 Å². The smallest absolute Gasteiger partial charge is 0.308 e. The number of hydrogen-bond donors (Lipinski definition) is 1. The van der Waals surface area contributed by atoms with Gasteiger partial charge >= 0.3 is 11.9 Å². The van der Waals surface area contributed by atoms with Gasteiger partial charge in [-0.3, -0.25) is 14.4 Å². The number of ether oxygens (including phenoxy) is 2. The van der Waals surface area contributed by atoms with Crippen LogP contribution in [0.3, 0.4) is 0 Å². The summed E-state index contributed by atoms with van der Waals surface area (Å²) in [5, 5.41) is 2.68. The largest absolute Gasteiger partial charge is 0.452 e.